The van der Waals surface area contributed by atoms with Crippen molar-refractivity contribution in [2.24, 2.45) is 0 Å². The number of aromatic nitrogens is 1. The van der Waals surface area contributed by atoms with Crippen LogP contribution in [0.4, 0.5) is 0 Å². The number of nitrogens with one attached hydrogen (secondary N) is 2. The summed E-state index contributed by atoms with van der Waals surface area (Å²) in [4.78, 5) is 13.8. The third-order valence-corrected chi connectivity index (χ3v) is 1.94. The monoisotopic (exact) mass is 181 g/mol. The number of carbonyl (C=O) groups is 1. The third kappa shape index (κ3) is 2.24. The highest BCUT2D eigenvalue weighted by Crippen LogP contribution is 2.13. The van der Waals surface area contributed by atoms with Gasteiger partial charge in [-0.2, -0.15) is 0 Å². The molecule has 0 fully saturated rings. The van der Waals surface area contributed by atoms with E-state index < -0.39 is 0 Å². The van der Waals surface area contributed by atoms with E-state index >= 15 is 0 Å². The lowest BCUT2D eigenvalue weighted by Gasteiger charge is -2.09. The van der Waals surface area contributed by atoms with Crippen LogP contribution in [0, 0.1) is 0 Å². The Morgan fingerprint density at radius 2 is 2.38 bits per heavy atom. The van der Waals surface area contributed by atoms with Crippen LogP contribution >= 0.6 is 0 Å². The van der Waals surface area contributed by atoms with E-state index in [1.807, 2.05) is 13.8 Å². The quantitative estimate of drug-likeness (QED) is 0.732. The second kappa shape index (κ2) is 3.98. The van der Waals surface area contributed by atoms with Crippen molar-refractivity contribution >= 4 is 5.91 Å². The Morgan fingerprint density at radius 3 is 2.85 bits per heavy atom. The van der Waals surface area contributed by atoms with Gasteiger partial charge in [0.05, 0.1) is 0 Å². The predicted molar refractivity (Wildman–Crippen MR) is 48.1 cm³/mol. The van der Waals surface area contributed by atoms with E-state index in [1.165, 1.54) is 12.3 Å². The second-order valence-corrected chi connectivity index (χ2v) is 3.00. The molecule has 0 bridgehead atoms. The van der Waals surface area contributed by atoms with E-state index in [0.29, 0.717) is 0 Å². The zero-order chi connectivity index (χ0) is 9.84. The van der Waals surface area contributed by atoms with E-state index in [-0.39, 0.29) is 23.4 Å². The Morgan fingerprint density at radius 1 is 1.69 bits per heavy atom. The number of hydrogen-bond donors (Lipinski definition) is 2. The molecule has 0 aliphatic heterocycles. The topological polar surface area (TPSA) is 64.8 Å². The molecule has 0 spiro atoms. The second-order valence-electron chi connectivity index (χ2n) is 3.00. The maximum atomic E-state index is 11.4. The van der Waals surface area contributed by atoms with Crippen LogP contribution in [0.5, 0.6) is 5.88 Å². The normalized spacial score (nSPS) is 12.5. The summed E-state index contributed by atoms with van der Waals surface area (Å²) in [5, 5.41) is 13.7. The maximum Gasteiger partial charge on any atom is 0.260 e. The van der Waals surface area contributed by atoms with E-state index in [0.717, 1.165) is 6.42 Å². The molecule has 1 rings (SSSR count). The number of amides is 1. The summed E-state index contributed by atoms with van der Waals surface area (Å²) in [6.45, 7) is 3.87. The SMILES string of the molecule is CCC(C)NC(=O)c1cc[nH]c1[O]. The highest BCUT2D eigenvalue weighted by atomic mass is 16.3. The number of hydrogen-bond acceptors (Lipinski definition) is 1. The fraction of sp³-hybridized carbons (Fsp3) is 0.444. The molecule has 0 aromatic carbocycles. The van der Waals surface area contributed by atoms with Gasteiger partial charge in [-0.25, -0.2) is 0 Å². The highest BCUT2D eigenvalue weighted by molar-refractivity contribution is 5.96. The molecule has 1 aromatic rings. The van der Waals surface area contributed by atoms with Crippen LogP contribution < -0.4 is 5.32 Å². The van der Waals surface area contributed by atoms with Gasteiger partial charge >= 0.3 is 0 Å². The predicted octanol–water partition coefficient (Wildman–Crippen LogP) is 1.69. The lowest BCUT2D eigenvalue weighted by molar-refractivity contribution is 0.0935. The minimum atomic E-state index is -0.333. The van der Waals surface area contributed by atoms with Gasteiger partial charge in [0.15, 0.2) is 0 Å². The van der Waals surface area contributed by atoms with Gasteiger partial charge in [-0.1, -0.05) is 6.92 Å². The Labute approximate surface area is 77.0 Å². The standard InChI is InChI=1S/C9H13N2O2/c1-3-6(2)11-9(13)7-4-5-10-8(7)12/h4-6,10H,3H2,1-2H3,(H,11,13). The van der Waals surface area contributed by atoms with Crippen LogP contribution in [-0.4, -0.2) is 16.9 Å². The first-order valence-electron chi connectivity index (χ1n) is 4.30. The van der Waals surface area contributed by atoms with Crippen molar-refractivity contribution in [3.05, 3.63) is 17.8 Å². The Hall–Kier alpha value is -1.45. The molecule has 13 heavy (non-hydrogen) atoms. The molecule has 2 N–H and O–H groups in total. The third-order valence-electron chi connectivity index (χ3n) is 1.94. The first-order chi connectivity index (χ1) is 6.15. The molecule has 71 valence electrons. The number of H-pyrrole nitrogens is 1. The zero-order valence-corrected chi connectivity index (χ0v) is 7.76. The molecule has 4 heteroatoms. The number of rotatable bonds is 3. The molecule has 0 saturated carbocycles. The van der Waals surface area contributed by atoms with Crippen molar-refractivity contribution in [1.29, 1.82) is 0 Å². The molecule has 1 atom stereocenters. The van der Waals surface area contributed by atoms with Crippen LogP contribution in [0.2, 0.25) is 0 Å². The van der Waals surface area contributed by atoms with Crippen molar-refractivity contribution in [1.82, 2.24) is 10.3 Å². The van der Waals surface area contributed by atoms with Crippen LogP contribution in [0.3, 0.4) is 0 Å². The number of aromatic amines is 1. The van der Waals surface area contributed by atoms with Crippen LogP contribution in [0.1, 0.15) is 30.6 Å². The van der Waals surface area contributed by atoms with Gasteiger partial charge in [-0.3, -0.25) is 9.90 Å². The minimum absolute atomic E-state index is 0.0989. The Kier molecular flexibility index (Phi) is 2.95. The van der Waals surface area contributed by atoms with Crippen molar-refractivity contribution in [2.45, 2.75) is 26.3 Å². The van der Waals surface area contributed by atoms with Gasteiger partial charge < -0.3 is 10.3 Å². The van der Waals surface area contributed by atoms with Gasteiger partial charge in [0, 0.05) is 12.2 Å². The minimum Gasteiger partial charge on any atom is -0.349 e. The molecule has 1 aromatic heterocycles. The van der Waals surface area contributed by atoms with Gasteiger partial charge in [0.1, 0.15) is 5.56 Å². The lowest BCUT2D eigenvalue weighted by atomic mass is 10.2. The summed E-state index contributed by atoms with van der Waals surface area (Å²) >= 11 is 0. The molecule has 4 nitrogen and oxygen atoms in total. The highest BCUT2D eigenvalue weighted by Gasteiger charge is 2.14. The van der Waals surface area contributed by atoms with E-state index in [4.69, 9.17) is 0 Å². The zero-order valence-electron chi connectivity index (χ0n) is 7.76. The molecule has 0 aliphatic rings. The molecule has 0 saturated heterocycles. The Balaban J connectivity index is 2.64. The first-order valence-corrected chi connectivity index (χ1v) is 4.30. The van der Waals surface area contributed by atoms with E-state index in [9.17, 15) is 9.90 Å². The van der Waals surface area contributed by atoms with E-state index in [2.05, 4.69) is 10.3 Å². The first kappa shape index (κ1) is 9.64. The molecule has 0 aliphatic carbocycles. The van der Waals surface area contributed by atoms with E-state index in [1.54, 1.807) is 0 Å². The number of carbonyl (C=O) groups excluding carboxylic acids is 1. The summed E-state index contributed by atoms with van der Waals surface area (Å²) in [7, 11) is 0. The fourth-order valence-corrected chi connectivity index (χ4v) is 0.937. The van der Waals surface area contributed by atoms with Gasteiger partial charge in [-0.05, 0) is 19.4 Å². The van der Waals surface area contributed by atoms with Crippen LogP contribution in [0.25, 0.3) is 0 Å². The molecule has 1 heterocycles. The fourth-order valence-electron chi connectivity index (χ4n) is 0.937. The largest absolute Gasteiger partial charge is 0.349 e. The van der Waals surface area contributed by atoms with Crippen molar-refractivity contribution in [3.8, 4) is 5.88 Å². The van der Waals surface area contributed by atoms with Gasteiger partial charge in [-0.15, -0.1) is 0 Å². The average Bonchev–Trinajstić information content (AvgIpc) is 2.51. The maximum absolute atomic E-state index is 11.4. The van der Waals surface area contributed by atoms with Crippen molar-refractivity contribution < 1.29 is 9.90 Å². The summed E-state index contributed by atoms with van der Waals surface area (Å²) in [5.41, 5.74) is 0.181. The van der Waals surface area contributed by atoms with Gasteiger partial charge in [0.2, 0.25) is 0 Å². The van der Waals surface area contributed by atoms with Crippen molar-refractivity contribution in [3.63, 3.8) is 0 Å². The van der Waals surface area contributed by atoms with Crippen LogP contribution in [-0.2, 0) is 5.11 Å². The molecule has 1 unspecified atom stereocenters. The summed E-state index contributed by atoms with van der Waals surface area (Å²) in [5.74, 6) is -0.638. The summed E-state index contributed by atoms with van der Waals surface area (Å²) in [6, 6.07) is 1.59. The lowest BCUT2D eigenvalue weighted by Crippen LogP contribution is -2.31. The summed E-state index contributed by atoms with van der Waals surface area (Å²) < 4.78 is 0. The smallest absolute Gasteiger partial charge is 0.260 e. The van der Waals surface area contributed by atoms with Crippen molar-refractivity contribution in [2.75, 3.05) is 0 Å². The van der Waals surface area contributed by atoms with Gasteiger partial charge in [0.25, 0.3) is 11.8 Å². The molecule has 1 radical (unpaired) electrons. The molecular formula is C9H13N2O2. The summed E-state index contributed by atoms with van der Waals surface area (Å²) in [6.07, 6.45) is 2.32. The molecular weight excluding hydrogens is 168 g/mol. The van der Waals surface area contributed by atoms with Crippen LogP contribution in [0.15, 0.2) is 12.3 Å². The average molecular weight is 181 g/mol. The Bertz CT molecular complexity index is 294. The molecule has 1 amide bonds.